The molecule has 6 nitrogen and oxygen atoms in total. The van der Waals surface area contributed by atoms with Crippen molar-refractivity contribution in [2.75, 3.05) is 11.9 Å². The maximum atomic E-state index is 12.9. The van der Waals surface area contributed by atoms with Crippen LogP contribution in [0.1, 0.15) is 25.8 Å². The number of carbonyl (C=O) groups is 1. The van der Waals surface area contributed by atoms with E-state index in [0.29, 0.717) is 25.3 Å². The number of aromatic nitrogens is 2. The molecule has 1 aromatic carbocycles. The van der Waals surface area contributed by atoms with Crippen LogP contribution in [0.4, 0.5) is 5.69 Å². The highest BCUT2D eigenvalue weighted by atomic mass is 16.5. The molecule has 1 aliphatic rings. The number of hydrogen-bond donors (Lipinski definition) is 1. The van der Waals surface area contributed by atoms with Gasteiger partial charge in [0.05, 0.1) is 24.5 Å². The summed E-state index contributed by atoms with van der Waals surface area (Å²) in [4.78, 5) is 29.1. The molecule has 0 saturated carbocycles. The normalized spacial score (nSPS) is 19.6. The lowest BCUT2D eigenvalue weighted by Crippen LogP contribution is -2.42. The minimum Gasteiger partial charge on any atom is -0.493 e. The molecule has 0 radical (unpaired) electrons. The quantitative estimate of drug-likeness (QED) is 0.940. The van der Waals surface area contributed by atoms with Crippen molar-refractivity contribution < 1.29 is 9.53 Å². The van der Waals surface area contributed by atoms with Crippen LogP contribution < -0.4 is 15.6 Å². The van der Waals surface area contributed by atoms with E-state index in [2.05, 4.69) is 10.3 Å². The van der Waals surface area contributed by atoms with Crippen molar-refractivity contribution in [3.8, 4) is 5.75 Å². The van der Waals surface area contributed by atoms with E-state index in [0.717, 1.165) is 5.56 Å². The predicted molar refractivity (Wildman–Crippen MR) is 86.7 cm³/mol. The molecular weight excluding hydrogens is 294 g/mol. The Balaban J connectivity index is 1.94. The van der Waals surface area contributed by atoms with Gasteiger partial charge in [0.15, 0.2) is 0 Å². The van der Waals surface area contributed by atoms with Crippen molar-refractivity contribution in [1.82, 2.24) is 9.55 Å². The number of nitrogens with one attached hydrogen (secondary N) is 1. The molecule has 23 heavy (non-hydrogen) atoms. The molecule has 6 heteroatoms. The summed E-state index contributed by atoms with van der Waals surface area (Å²) in [5.41, 5.74) is 0.0431. The first-order chi connectivity index (χ1) is 11.1. The van der Waals surface area contributed by atoms with Crippen LogP contribution in [0.3, 0.4) is 0 Å². The van der Waals surface area contributed by atoms with Gasteiger partial charge in [-0.15, -0.1) is 0 Å². The van der Waals surface area contributed by atoms with Crippen LogP contribution in [0, 0.1) is 0 Å². The number of ether oxygens (including phenoxy) is 1. The number of fused-ring (bicyclic) bond motifs is 1. The molecule has 2 heterocycles. The highest BCUT2D eigenvalue weighted by Crippen LogP contribution is 2.39. The molecular formula is C17H19N3O3. The summed E-state index contributed by atoms with van der Waals surface area (Å²) in [7, 11) is 0. The van der Waals surface area contributed by atoms with Gasteiger partial charge in [0, 0.05) is 12.1 Å². The molecule has 0 aliphatic carbocycles. The van der Waals surface area contributed by atoms with Gasteiger partial charge in [-0.2, -0.15) is 0 Å². The standard InChI is InChI=1S/C17H19N3O3/c1-3-20-11-18-10-13(15(20)21)19-16(22)17(2)8-9-23-14-7-5-4-6-12(14)17/h4-7,10-11H,3,8-9H2,1-2H3,(H,19,22). The third-order valence-electron chi connectivity index (χ3n) is 4.33. The largest absolute Gasteiger partial charge is 0.493 e. The van der Waals surface area contributed by atoms with E-state index < -0.39 is 5.41 Å². The second kappa shape index (κ2) is 5.87. The minimum absolute atomic E-state index is 0.199. The van der Waals surface area contributed by atoms with Crippen molar-refractivity contribution in [2.45, 2.75) is 32.2 Å². The monoisotopic (exact) mass is 313 g/mol. The third kappa shape index (κ3) is 2.60. The zero-order valence-electron chi connectivity index (χ0n) is 13.2. The van der Waals surface area contributed by atoms with E-state index in [1.54, 1.807) is 0 Å². The van der Waals surface area contributed by atoms with Crippen molar-refractivity contribution >= 4 is 11.6 Å². The lowest BCUT2D eigenvalue weighted by Gasteiger charge is -2.34. The number of amides is 1. The minimum atomic E-state index is -0.742. The summed E-state index contributed by atoms with van der Waals surface area (Å²) in [5, 5.41) is 2.75. The van der Waals surface area contributed by atoms with E-state index in [1.807, 2.05) is 38.1 Å². The first kappa shape index (κ1) is 15.3. The molecule has 1 atom stereocenters. The van der Waals surface area contributed by atoms with E-state index in [-0.39, 0.29) is 17.2 Å². The summed E-state index contributed by atoms with van der Waals surface area (Å²) in [6.07, 6.45) is 3.41. The molecule has 0 fully saturated rings. The van der Waals surface area contributed by atoms with E-state index in [9.17, 15) is 9.59 Å². The maximum Gasteiger partial charge on any atom is 0.277 e. The average Bonchev–Trinajstić information content (AvgIpc) is 2.57. The zero-order valence-corrected chi connectivity index (χ0v) is 13.2. The van der Waals surface area contributed by atoms with Gasteiger partial charge < -0.3 is 10.1 Å². The van der Waals surface area contributed by atoms with Gasteiger partial charge in [-0.25, -0.2) is 4.98 Å². The summed E-state index contributed by atoms with van der Waals surface area (Å²) in [6.45, 7) is 4.69. The topological polar surface area (TPSA) is 73.2 Å². The molecule has 3 rings (SSSR count). The molecule has 120 valence electrons. The van der Waals surface area contributed by atoms with Crippen LogP contribution in [0.15, 0.2) is 41.6 Å². The Bertz CT molecular complexity index is 800. The fourth-order valence-corrected chi connectivity index (χ4v) is 2.81. The van der Waals surface area contributed by atoms with E-state index >= 15 is 0 Å². The molecule has 1 unspecified atom stereocenters. The molecule has 1 N–H and O–H groups in total. The lowest BCUT2D eigenvalue weighted by atomic mass is 9.77. The molecule has 1 aromatic heterocycles. The van der Waals surface area contributed by atoms with Crippen LogP contribution in [-0.2, 0) is 16.8 Å². The van der Waals surface area contributed by atoms with Crippen molar-refractivity contribution in [2.24, 2.45) is 0 Å². The van der Waals surface area contributed by atoms with Gasteiger partial charge >= 0.3 is 0 Å². The van der Waals surface area contributed by atoms with Gasteiger partial charge in [-0.3, -0.25) is 14.2 Å². The van der Waals surface area contributed by atoms with Crippen LogP contribution in [0.2, 0.25) is 0 Å². The van der Waals surface area contributed by atoms with E-state index in [1.165, 1.54) is 17.1 Å². The van der Waals surface area contributed by atoms with Crippen LogP contribution in [-0.4, -0.2) is 22.1 Å². The molecule has 1 aliphatic heterocycles. The Morgan fingerprint density at radius 3 is 3.00 bits per heavy atom. The number of aryl methyl sites for hydroxylation is 1. The summed E-state index contributed by atoms with van der Waals surface area (Å²) >= 11 is 0. The first-order valence-electron chi connectivity index (χ1n) is 7.64. The Labute approximate surface area is 134 Å². The van der Waals surface area contributed by atoms with Crippen molar-refractivity contribution in [3.05, 3.63) is 52.7 Å². The molecule has 0 bridgehead atoms. The molecule has 0 spiro atoms. The van der Waals surface area contributed by atoms with Crippen molar-refractivity contribution in [1.29, 1.82) is 0 Å². The number of anilines is 1. The van der Waals surface area contributed by atoms with Gasteiger partial charge in [0.25, 0.3) is 5.56 Å². The average molecular weight is 313 g/mol. The number of hydrogen-bond acceptors (Lipinski definition) is 4. The van der Waals surface area contributed by atoms with Crippen molar-refractivity contribution in [3.63, 3.8) is 0 Å². The zero-order chi connectivity index (χ0) is 16.4. The smallest absolute Gasteiger partial charge is 0.277 e. The second-order valence-corrected chi connectivity index (χ2v) is 5.78. The van der Waals surface area contributed by atoms with Gasteiger partial charge in [-0.05, 0) is 26.3 Å². The summed E-state index contributed by atoms with van der Waals surface area (Å²) < 4.78 is 7.08. The number of para-hydroxylation sites is 1. The number of carbonyl (C=O) groups excluding carboxylic acids is 1. The van der Waals surface area contributed by atoms with Gasteiger partial charge in [0.2, 0.25) is 5.91 Å². The Kier molecular flexibility index (Phi) is 3.90. The van der Waals surface area contributed by atoms with E-state index in [4.69, 9.17) is 4.74 Å². The fraction of sp³-hybridized carbons (Fsp3) is 0.353. The molecule has 2 aromatic rings. The lowest BCUT2D eigenvalue weighted by molar-refractivity contribution is -0.122. The Hall–Kier alpha value is -2.63. The Morgan fingerprint density at radius 2 is 2.22 bits per heavy atom. The third-order valence-corrected chi connectivity index (χ3v) is 4.33. The molecule has 0 saturated heterocycles. The first-order valence-corrected chi connectivity index (χ1v) is 7.64. The second-order valence-electron chi connectivity index (χ2n) is 5.78. The summed E-state index contributed by atoms with van der Waals surface area (Å²) in [6, 6.07) is 7.51. The predicted octanol–water partition coefficient (Wildman–Crippen LogP) is 1.94. The number of rotatable bonds is 3. The van der Waals surface area contributed by atoms with Crippen LogP contribution in [0.5, 0.6) is 5.75 Å². The highest BCUT2D eigenvalue weighted by Gasteiger charge is 2.40. The SMILES string of the molecule is CCn1cncc(NC(=O)C2(C)CCOc3ccccc32)c1=O. The molecule has 1 amide bonds. The fourth-order valence-electron chi connectivity index (χ4n) is 2.81. The number of nitrogens with zero attached hydrogens (tertiary/aromatic N) is 2. The van der Waals surface area contributed by atoms with Gasteiger partial charge in [-0.1, -0.05) is 18.2 Å². The van der Waals surface area contributed by atoms with Crippen LogP contribution in [0.25, 0.3) is 0 Å². The highest BCUT2D eigenvalue weighted by molar-refractivity contribution is 5.99. The van der Waals surface area contributed by atoms with Gasteiger partial charge in [0.1, 0.15) is 11.4 Å². The maximum absolute atomic E-state index is 12.9. The Morgan fingerprint density at radius 1 is 1.43 bits per heavy atom. The van der Waals surface area contributed by atoms with Crippen LogP contribution >= 0.6 is 0 Å². The summed E-state index contributed by atoms with van der Waals surface area (Å²) in [5.74, 6) is 0.495. The number of benzene rings is 1.